The fourth-order valence-corrected chi connectivity index (χ4v) is 3.26. The number of rotatable bonds is 6. The number of benzene rings is 1. The average Bonchev–Trinajstić information content (AvgIpc) is 2.56. The predicted octanol–water partition coefficient (Wildman–Crippen LogP) is 4.05. The molecule has 0 spiro atoms. The zero-order valence-electron chi connectivity index (χ0n) is 14.7. The van der Waals surface area contributed by atoms with Crippen molar-refractivity contribution in [3.8, 4) is 5.75 Å². The van der Waals surface area contributed by atoms with Crippen LogP contribution in [0.2, 0.25) is 0 Å². The molecular formula is C19H30N2O2. The molecule has 1 heterocycles. The Labute approximate surface area is 140 Å². The summed E-state index contributed by atoms with van der Waals surface area (Å²) in [4.78, 5) is 14.3. The largest absolute Gasteiger partial charge is 0.493 e. The van der Waals surface area contributed by atoms with Gasteiger partial charge in [-0.05, 0) is 57.1 Å². The second-order valence-electron chi connectivity index (χ2n) is 6.41. The number of hydrogen-bond donors (Lipinski definition) is 1. The Balaban J connectivity index is 1.70. The van der Waals surface area contributed by atoms with E-state index in [1.165, 1.54) is 6.42 Å². The number of amides is 2. The zero-order chi connectivity index (χ0) is 16.7. The number of nitrogens with zero attached hydrogens (tertiary/aromatic N) is 1. The van der Waals surface area contributed by atoms with E-state index in [1.807, 2.05) is 11.0 Å². The molecule has 1 atom stereocenters. The summed E-state index contributed by atoms with van der Waals surface area (Å²) < 4.78 is 5.87. The first kappa shape index (κ1) is 17.6. The highest BCUT2D eigenvalue weighted by molar-refractivity contribution is 5.74. The summed E-state index contributed by atoms with van der Waals surface area (Å²) in [5.41, 5.74) is 2.32. The molecular weight excluding hydrogens is 288 g/mol. The molecule has 1 aliphatic rings. The monoisotopic (exact) mass is 318 g/mol. The number of carbonyl (C=O) groups is 1. The van der Waals surface area contributed by atoms with Gasteiger partial charge in [0.15, 0.2) is 0 Å². The fraction of sp³-hybridized carbons (Fsp3) is 0.632. The number of para-hydroxylation sites is 1. The van der Waals surface area contributed by atoms with Crippen LogP contribution in [-0.4, -0.2) is 36.7 Å². The van der Waals surface area contributed by atoms with Crippen molar-refractivity contribution in [1.29, 1.82) is 0 Å². The Morgan fingerprint density at radius 3 is 2.74 bits per heavy atom. The molecule has 1 unspecified atom stereocenters. The molecule has 4 nitrogen and oxygen atoms in total. The number of carbonyl (C=O) groups excluding carboxylic acids is 1. The lowest BCUT2D eigenvalue weighted by Crippen LogP contribution is -2.48. The van der Waals surface area contributed by atoms with Gasteiger partial charge in [-0.25, -0.2) is 4.79 Å². The van der Waals surface area contributed by atoms with Gasteiger partial charge in [0.1, 0.15) is 5.75 Å². The van der Waals surface area contributed by atoms with Crippen molar-refractivity contribution in [2.24, 2.45) is 0 Å². The van der Waals surface area contributed by atoms with Gasteiger partial charge >= 0.3 is 6.03 Å². The second kappa shape index (κ2) is 8.80. The number of urea groups is 1. The standard InChI is InChI=1S/C19H30N2O2/c1-4-17-11-5-6-13-21(17)19(22)20-12-8-14-23-18-15(2)9-7-10-16(18)3/h7,9-10,17H,4-6,8,11-14H2,1-3H3,(H,20,22). The van der Waals surface area contributed by atoms with Gasteiger partial charge in [0, 0.05) is 19.1 Å². The van der Waals surface area contributed by atoms with E-state index in [9.17, 15) is 4.79 Å². The van der Waals surface area contributed by atoms with E-state index in [0.29, 0.717) is 19.2 Å². The maximum Gasteiger partial charge on any atom is 0.317 e. The van der Waals surface area contributed by atoms with Crippen LogP contribution in [0.25, 0.3) is 0 Å². The normalized spacial score (nSPS) is 17.9. The van der Waals surface area contributed by atoms with Gasteiger partial charge in [-0.15, -0.1) is 0 Å². The number of nitrogens with one attached hydrogen (secondary N) is 1. The van der Waals surface area contributed by atoms with Gasteiger partial charge in [-0.2, -0.15) is 0 Å². The highest BCUT2D eigenvalue weighted by Crippen LogP contribution is 2.22. The van der Waals surface area contributed by atoms with Gasteiger partial charge in [-0.3, -0.25) is 0 Å². The molecule has 2 rings (SSSR count). The van der Waals surface area contributed by atoms with Gasteiger partial charge < -0.3 is 15.0 Å². The highest BCUT2D eigenvalue weighted by atomic mass is 16.5. The number of piperidine rings is 1. The zero-order valence-corrected chi connectivity index (χ0v) is 14.7. The maximum atomic E-state index is 12.3. The van der Waals surface area contributed by atoms with E-state index in [0.717, 1.165) is 49.1 Å². The third kappa shape index (κ3) is 4.88. The summed E-state index contributed by atoms with van der Waals surface area (Å²) in [7, 11) is 0. The van der Waals surface area contributed by atoms with Crippen LogP contribution in [0.1, 0.15) is 50.2 Å². The molecule has 2 amide bonds. The van der Waals surface area contributed by atoms with Crippen molar-refractivity contribution in [1.82, 2.24) is 10.2 Å². The lowest BCUT2D eigenvalue weighted by molar-refractivity contribution is 0.148. The van der Waals surface area contributed by atoms with Gasteiger partial charge in [0.2, 0.25) is 0 Å². The van der Waals surface area contributed by atoms with Crippen molar-refractivity contribution >= 4 is 6.03 Å². The SMILES string of the molecule is CCC1CCCCN1C(=O)NCCCOc1c(C)cccc1C. The molecule has 23 heavy (non-hydrogen) atoms. The summed E-state index contributed by atoms with van der Waals surface area (Å²) in [6.07, 6.45) is 5.37. The Hall–Kier alpha value is -1.71. The summed E-state index contributed by atoms with van der Waals surface area (Å²) in [6.45, 7) is 8.47. The van der Waals surface area contributed by atoms with E-state index in [4.69, 9.17) is 4.74 Å². The number of aryl methyl sites for hydroxylation is 2. The third-order valence-corrected chi connectivity index (χ3v) is 4.61. The van der Waals surface area contributed by atoms with Crippen molar-refractivity contribution in [3.05, 3.63) is 29.3 Å². The lowest BCUT2D eigenvalue weighted by Gasteiger charge is -2.35. The smallest absolute Gasteiger partial charge is 0.317 e. The highest BCUT2D eigenvalue weighted by Gasteiger charge is 2.24. The Kier molecular flexibility index (Phi) is 6.75. The minimum Gasteiger partial charge on any atom is -0.493 e. The Morgan fingerprint density at radius 2 is 2.04 bits per heavy atom. The maximum absolute atomic E-state index is 12.3. The molecule has 0 radical (unpaired) electrons. The molecule has 1 saturated heterocycles. The summed E-state index contributed by atoms with van der Waals surface area (Å²) in [6, 6.07) is 6.66. The lowest BCUT2D eigenvalue weighted by atomic mass is 10.0. The molecule has 4 heteroatoms. The first-order chi connectivity index (χ1) is 11.1. The summed E-state index contributed by atoms with van der Waals surface area (Å²) in [5, 5.41) is 3.04. The first-order valence-electron chi connectivity index (χ1n) is 8.87. The molecule has 1 aliphatic heterocycles. The molecule has 0 bridgehead atoms. The van der Waals surface area contributed by atoms with E-state index in [1.54, 1.807) is 0 Å². The Morgan fingerprint density at radius 1 is 1.30 bits per heavy atom. The van der Waals surface area contributed by atoms with Gasteiger partial charge in [0.25, 0.3) is 0 Å². The molecule has 1 aromatic carbocycles. The minimum absolute atomic E-state index is 0.0867. The number of ether oxygens (including phenoxy) is 1. The van der Waals surface area contributed by atoms with E-state index >= 15 is 0 Å². The molecule has 0 aliphatic carbocycles. The van der Waals surface area contributed by atoms with E-state index < -0.39 is 0 Å². The first-order valence-corrected chi connectivity index (χ1v) is 8.87. The van der Waals surface area contributed by atoms with Crippen molar-refractivity contribution in [2.75, 3.05) is 19.7 Å². The summed E-state index contributed by atoms with van der Waals surface area (Å²) >= 11 is 0. The number of likely N-dealkylation sites (tertiary alicyclic amines) is 1. The van der Waals surface area contributed by atoms with Crippen molar-refractivity contribution in [3.63, 3.8) is 0 Å². The van der Waals surface area contributed by atoms with Crippen molar-refractivity contribution in [2.45, 2.75) is 58.9 Å². The van der Waals surface area contributed by atoms with Crippen molar-refractivity contribution < 1.29 is 9.53 Å². The van der Waals surface area contributed by atoms with Gasteiger partial charge in [-0.1, -0.05) is 25.1 Å². The van der Waals surface area contributed by atoms with Crippen LogP contribution >= 0.6 is 0 Å². The fourth-order valence-electron chi connectivity index (χ4n) is 3.26. The molecule has 1 aromatic rings. The van der Waals surface area contributed by atoms with Gasteiger partial charge in [0.05, 0.1) is 6.61 Å². The molecule has 1 fully saturated rings. The number of hydrogen-bond acceptors (Lipinski definition) is 2. The third-order valence-electron chi connectivity index (χ3n) is 4.61. The van der Waals surface area contributed by atoms with Crippen LogP contribution < -0.4 is 10.1 Å². The van der Waals surface area contributed by atoms with Crippen LogP contribution in [0.15, 0.2) is 18.2 Å². The molecule has 0 aromatic heterocycles. The van der Waals surface area contributed by atoms with Crippen LogP contribution in [0.4, 0.5) is 4.79 Å². The van der Waals surface area contributed by atoms with E-state index in [-0.39, 0.29) is 6.03 Å². The predicted molar refractivity (Wildman–Crippen MR) is 94.1 cm³/mol. The van der Waals surface area contributed by atoms with Crippen LogP contribution in [-0.2, 0) is 0 Å². The quantitative estimate of drug-likeness (QED) is 0.804. The second-order valence-corrected chi connectivity index (χ2v) is 6.41. The van der Waals surface area contributed by atoms with Crippen LogP contribution in [0, 0.1) is 13.8 Å². The molecule has 128 valence electrons. The van der Waals surface area contributed by atoms with Crippen LogP contribution in [0.5, 0.6) is 5.75 Å². The minimum atomic E-state index is 0.0867. The van der Waals surface area contributed by atoms with Crippen LogP contribution in [0.3, 0.4) is 0 Å². The summed E-state index contributed by atoms with van der Waals surface area (Å²) in [5.74, 6) is 0.973. The van der Waals surface area contributed by atoms with E-state index in [2.05, 4.69) is 38.2 Å². The Bertz CT molecular complexity index is 496. The molecule has 0 saturated carbocycles. The average molecular weight is 318 g/mol. The topological polar surface area (TPSA) is 41.6 Å². The molecule has 1 N–H and O–H groups in total.